The van der Waals surface area contributed by atoms with Gasteiger partial charge in [-0.15, -0.1) is 16.4 Å². The van der Waals surface area contributed by atoms with Crippen molar-refractivity contribution in [2.75, 3.05) is 0 Å². The summed E-state index contributed by atoms with van der Waals surface area (Å²) in [4.78, 5) is 18.7. The minimum Gasteiger partial charge on any atom is -0.283 e. The van der Waals surface area contributed by atoms with Gasteiger partial charge in [-0.25, -0.2) is 9.78 Å². The molecule has 138 valence electrons. The topological polar surface area (TPSA) is 52.2 Å². The zero-order valence-corrected chi connectivity index (χ0v) is 16.2. The normalized spacial score (nSPS) is 11.5. The molecule has 0 saturated heterocycles. The summed E-state index contributed by atoms with van der Waals surface area (Å²) in [5.41, 5.74) is 3.82. The van der Waals surface area contributed by atoms with Crippen LogP contribution in [0.3, 0.4) is 0 Å². The summed E-state index contributed by atoms with van der Waals surface area (Å²) in [5, 5.41) is 7.66. The SMILES string of the molecule is CCn1c(=O)n2nc(Cc3ccccc3)nc2c2c(-c3ccccc3)csc21. The molecule has 5 rings (SSSR count). The molecule has 0 unspecified atom stereocenters. The third kappa shape index (κ3) is 2.65. The molecule has 0 aliphatic rings. The fourth-order valence-electron chi connectivity index (χ4n) is 3.58. The van der Waals surface area contributed by atoms with E-state index in [-0.39, 0.29) is 5.69 Å². The van der Waals surface area contributed by atoms with Crippen LogP contribution in [0, 0.1) is 0 Å². The van der Waals surface area contributed by atoms with Gasteiger partial charge in [0.15, 0.2) is 11.5 Å². The Labute approximate surface area is 165 Å². The molecule has 5 aromatic rings. The maximum atomic E-state index is 13.0. The number of hydrogen-bond donors (Lipinski definition) is 0. The van der Waals surface area contributed by atoms with E-state index in [1.807, 2.05) is 55.5 Å². The number of fused-ring (bicyclic) bond motifs is 3. The molecule has 0 amide bonds. The molecular formula is C22H18N4OS. The Morgan fingerprint density at radius 3 is 2.43 bits per heavy atom. The average Bonchev–Trinajstić information content (AvgIpc) is 3.34. The first-order valence-electron chi connectivity index (χ1n) is 9.25. The van der Waals surface area contributed by atoms with Crippen molar-refractivity contribution >= 4 is 27.2 Å². The summed E-state index contributed by atoms with van der Waals surface area (Å²) in [6, 6.07) is 20.3. The van der Waals surface area contributed by atoms with Gasteiger partial charge < -0.3 is 0 Å². The van der Waals surface area contributed by atoms with E-state index in [0.717, 1.165) is 26.9 Å². The molecule has 2 aromatic carbocycles. The molecule has 28 heavy (non-hydrogen) atoms. The molecule has 3 heterocycles. The lowest BCUT2D eigenvalue weighted by atomic mass is 10.1. The summed E-state index contributed by atoms with van der Waals surface area (Å²) in [7, 11) is 0. The zero-order valence-electron chi connectivity index (χ0n) is 15.4. The molecule has 3 aromatic heterocycles. The maximum absolute atomic E-state index is 13.0. The predicted octanol–water partition coefficient (Wildman–Crippen LogP) is 4.38. The van der Waals surface area contributed by atoms with Crippen LogP contribution in [0.4, 0.5) is 0 Å². The summed E-state index contributed by atoms with van der Waals surface area (Å²) in [5.74, 6) is 0.656. The van der Waals surface area contributed by atoms with Crippen molar-refractivity contribution < 1.29 is 0 Å². The second kappa shape index (κ2) is 6.73. The zero-order chi connectivity index (χ0) is 19.1. The van der Waals surface area contributed by atoms with Gasteiger partial charge in [0, 0.05) is 23.9 Å². The predicted molar refractivity (Wildman–Crippen MR) is 113 cm³/mol. The van der Waals surface area contributed by atoms with E-state index < -0.39 is 0 Å². The Hall–Kier alpha value is -3.25. The van der Waals surface area contributed by atoms with Crippen LogP contribution in [0.5, 0.6) is 0 Å². The first kappa shape index (κ1) is 16.9. The second-order valence-electron chi connectivity index (χ2n) is 6.65. The van der Waals surface area contributed by atoms with E-state index in [9.17, 15) is 4.79 Å². The van der Waals surface area contributed by atoms with Crippen molar-refractivity contribution in [1.29, 1.82) is 0 Å². The number of aromatic nitrogens is 4. The van der Waals surface area contributed by atoms with E-state index >= 15 is 0 Å². The van der Waals surface area contributed by atoms with Gasteiger partial charge in [-0.05, 0) is 18.1 Å². The lowest BCUT2D eigenvalue weighted by Gasteiger charge is -2.06. The summed E-state index contributed by atoms with van der Waals surface area (Å²) < 4.78 is 3.24. The van der Waals surface area contributed by atoms with E-state index in [1.54, 1.807) is 15.9 Å². The third-order valence-electron chi connectivity index (χ3n) is 4.91. The molecule has 6 heteroatoms. The average molecular weight is 386 g/mol. The smallest absolute Gasteiger partial charge is 0.283 e. The highest BCUT2D eigenvalue weighted by Crippen LogP contribution is 2.35. The Kier molecular flexibility index (Phi) is 4.06. The Morgan fingerprint density at radius 1 is 1.00 bits per heavy atom. The van der Waals surface area contributed by atoms with E-state index in [1.165, 1.54) is 4.52 Å². The molecule has 0 fully saturated rings. The maximum Gasteiger partial charge on any atom is 0.351 e. The van der Waals surface area contributed by atoms with E-state index in [0.29, 0.717) is 24.4 Å². The van der Waals surface area contributed by atoms with Crippen molar-refractivity contribution in [1.82, 2.24) is 19.2 Å². The van der Waals surface area contributed by atoms with Crippen LogP contribution in [-0.2, 0) is 13.0 Å². The molecule has 0 radical (unpaired) electrons. The van der Waals surface area contributed by atoms with Crippen LogP contribution in [0.1, 0.15) is 18.3 Å². The highest BCUT2D eigenvalue weighted by atomic mass is 32.1. The van der Waals surface area contributed by atoms with Crippen LogP contribution in [0.25, 0.3) is 27.0 Å². The van der Waals surface area contributed by atoms with Crippen LogP contribution in [-0.4, -0.2) is 19.2 Å². The first-order valence-corrected chi connectivity index (χ1v) is 10.1. The van der Waals surface area contributed by atoms with Crippen LogP contribution >= 0.6 is 11.3 Å². The van der Waals surface area contributed by atoms with Crippen LogP contribution < -0.4 is 5.69 Å². The van der Waals surface area contributed by atoms with Gasteiger partial charge in [-0.2, -0.15) is 4.52 Å². The number of nitrogens with zero attached hydrogens (tertiary/aromatic N) is 4. The molecule has 0 saturated carbocycles. The van der Waals surface area contributed by atoms with Gasteiger partial charge in [0.05, 0.1) is 5.39 Å². The lowest BCUT2D eigenvalue weighted by Crippen LogP contribution is -2.26. The minimum absolute atomic E-state index is 0.140. The van der Waals surface area contributed by atoms with E-state index in [2.05, 4.69) is 22.6 Å². The monoisotopic (exact) mass is 386 g/mol. The Morgan fingerprint density at radius 2 is 1.71 bits per heavy atom. The molecule has 5 nitrogen and oxygen atoms in total. The summed E-state index contributed by atoms with van der Waals surface area (Å²) in [6.45, 7) is 2.57. The van der Waals surface area contributed by atoms with Crippen molar-refractivity contribution in [3.8, 4) is 11.1 Å². The quantitative estimate of drug-likeness (QED) is 0.460. The molecule has 0 aliphatic heterocycles. The number of thiophene rings is 1. The number of benzene rings is 2. The summed E-state index contributed by atoms with van der Waals surface area (Å²) >= 11 is 1.58. The molecule has 0 N–H and O–H groups in total. The van der Waals surface area contributed by atoms with Gasteiger partial charge >= 0.3 is 5.69 Å². The molecular weight excluding hydrogens is 368 g/mol. The second-order valence-corrected chi connectivity index (χ2v) is 7.51. The highest BCUT2D eigenvalue weighted by Gasteiger charge is 2.19. The van der Waals surface area contributed by atoms with Gasteiger partial charge in [-0.1, -0.05) is 60.7 Å². The van der Waals surface area contributed by atoms with Gasteiger partial charge in [0.2, 0.25) is 0 Å². The van der Waals surface area contributed by atoms with Gasteiger partial charge in [-0.3, -0.25) is 4.57 Å². The number of aryl methyl sites for hydroxylation is 1. The fourth-order valence-corrected chi connectivity index (χ4v) is 4.71. The Balaban J connectivity index is 1.79. The largest absolute Gasteiger partial charge is 0.351 e. The van der Waals surface area contributed by atoms with Crippen molar-refractivity contribution in [2.45, 2.75) is 19.9 Å². The van der Waals surface area contributed by atoms with Crippen LogP contribution in [0.2, 0.25) is 0 Å². The highest BCUT2D eigenvalue weighted by molar-refractivity contribution is 7.17. The standard InChI is InChI=1S/C22H18N4OS/c1-2-25-21-19(17(14-28-21)16-11-7-4-8-12-16)20-23-18(24-26(20)22(25)27)13-15-9-5-3-6-10-15/h3-12,14H,2,13H2,1H3. The number of rotatable bonds is 4. The summed E-state index contributed by atoms with van der Waals surface area (Å²) in [6.07, 6.45) is 0.598. The molecule has 0 atom stereocenters. The first-order chi connectivity index (χ1) is 13.8. The van der Waals surface area contributed by atoms with Crippen molar-refractivity contribution in [2.24, 2.45) is 0 Å². The minimum atomic E-state index is -0.140. The van der Waals surface area contributed by atoms with Crippen molar-refractivity contribution in [3.63, 3.8) is 0 Å². The number of hydrogen-bond acceptors (Lipinski definition) is 4. The molecule has 0 bridgehead atoms. The third-order valence-corrected chi connectivity index (χ3v) is 5.91. The molecule has 0 aliphatic carbocycles. The van der Waals surface area contributed by atoms with Gasteiger partial charge in [0.1, 0.15) is 4.83 Å². The van der Waals surface area contributed by atoms with Crippen molar-refractivity contribution in [3.05, 3.63) is 87.9 Å². The van der Waals surface area contributed by atoms with Crippen LogP contribution in [0.15, 0.2) is 70.8 Å². The van der Waals surface area contributed by atoms with E-state index in [4.69, 9.17) is 4.98 Å². The molecule has 0 spiro atoms. The Bertz CT molecular complexity index is 1330. The lowest BCUT2D eigenvalue weighted by molar-refractivity contribution is 0.693. The van der Waals surface area contributed by atoms with Gasteiger partial charge in [0.25, 0.3) is 0 Å². The fraction of sp³-hybridized carbons (Fsp3) is 0.136.